The molecule has 1 amide bonds. The van der Waals surface area contributed by atoms with Gasteiger partial charge in [0.05, 0.1) is 10.7 Å². The van der Waals surface area contributed by atoms with Crippen molar-refractivity contribution in [1.82, 2.24) is 4.31 Å². The van der Waals surface area contributed by atoms with Gasteiger partial charge >= 0.3 is 0 Å². The number of ether oxygens (including phenoxy) is 1. The first kappa shape index (κ1) is 23.3. The lowest BCUT2D eigenvalue weighted by atomic mass is 10.1. The molecule has 1 aliphatic heterocycles. The summed E-state index contributed by atoms with van der Waals surface area (Å²) in [5.41, 5.74) is 2.69. The molecule has 3 aromatic carbocycles. The Morgan fingerprint density at radius 3 is 2.48 bits per heavy atom. The van der Waals surface area contributed by atoms with Gasteiger partial charge in [-0.3, -0.25) is 4.79 Å². The molecule has 1 fully saturated rings. The average molecular weight is 485 g/mol. The number of halogens is 1. The lowest BCUT2D eigenvalue weighted by Crippen LogP contribution is -2.28. The van der Waals surface area contributed by atoms with Crippen molar-refractivity contribution in [1.29, 1.82) is 0 Å². The highest BCUT2D eigenvalue weighted by Gasteiger charge is 2.29. The minimum atomic E-state index is -3.75. The lowest BCUT2D eigenvalue weighted by Gasteiger charge is -2.17. The summed E-state index contributed by atoms with van der Waals surface area (Å²) < 4.78 is 33.4. The van der Waals surface area contributed by atoms with E-state index in [0.717, 1.165) is 24.0 Å². The Bertz CT molecular complexity index is 1260. The highest BCUT2D eigenvalue weighted by Crippen LogP contribution is 2.30. The second-order valence-electron chi connectivity index (χ2n) is 7.98. The molecule has 1 heterocycles. The molecule has 4 rings (SSSR count). The molecule has 172 valence electrons. The van der Waals surface area contributed by atoms with Crippen molar-refractivity contribution in [2.24, 2.45) is 0 Å². The van der Waals surface area contributed by atoms with Crippen LogP contribution in [0.25, 0.3) is 0 Å². The first-order valence-electron chi connectivity index (χ1n) is 10.7. The Labute approximate surface area is 199 Å². The van der Waals surface area contributed by atoms with E-state index in [9.17, 15) is 13.2 Å². The van der Waals surface area contributed by atoms with E-state index in [1.54, 1.807) is 6.07 Å². The van der Waals surface area contributed by atoms with Gasteiger partial charge in [0.1, 0.15) is 17.3 Å². The van der Waals surface area contributed by atoms with Gasteiger partial charge in [-0.2, -0.15) is 4.31 Å². The van der Waals surface area contributed by atoms with Crippen LogP contribution < -0.4 is 10.1 Å². The molecule has 1 N–H and O–H groups in total. The van der Waals surface area contributed by atoms with Crippen LogP contribution in [0.15, 0.2) is 71.6 Å². The number of aryl methyl sites for hydroxylation is 1. The van der Waals surface area contributed by atoms with E-state index in [1.807, 2.05) is 49.4 Å². The summed E-state index contributed by atoms with van der Waals surface area (Å²) in [6.45, 7) is 3.21. The molecule has 1 aliphatic rings. The predicted molar refractivity (Wildman–Crippen MR) is 129 cm³/mol. The minimum Gasteiger partial charge on any atom is -0.487 e. The number of carbonyl (C=O) groups is 1. The largest absolute Gasteiger partial charge is 0.487 e. The summed E-state index contributed by atoms with van der Waals surface area (Å²) in [5.74, 6) is 0.0871. The van der Waals surface area contributed by atoms with Crippen molar-refractivity contribution in [2.75, 3.05) is 18.4 Å². The van der Waals surface area contributed by atoms with E-state index in [-0.39, 0.29) is 15.5 Å². The Balaban J connectivity index is 1.56. The Morgan fingerprint density at radius 2 is 1.76 bits per heavy atom. The molecule has 0 saturated carbocycles. The summed E-state index contributed by atoms with van der Waals surface area (Å²) >= 11 is 6.21. The highest BCUT2D eigenvalue weighted by molar-refractivity contribution is 7.89. The first-order valence-corrected chi connectivity index (χ1v) is 12.5. The molecule has 0 spiro atoms. The van der Waals surface area contributed by atoms with E-state index >= 15 is 0 Å². The maximum absolute atomic E-state index is 13.0. The van der Waals surface area contributed by atoms with Gasteiger partial charge in [-0.05, 0) is 61.2 Å². The molecular formula is C25H25ClN2O4S. The molecular weight excluding hydrogens is 460 g/mol. The molecule has 0 aliphatic carbocycles. The number of anilines is 1. The van der Waals surface area contributed by atoms with E-state index in [1.165, 1.54) is 22.5 Å². The maximum Gasteiger partial charge on any atom is 0.255 e. The molecule has 6 nitrogen and oxygen atoms in total. The highest BCUT2D eigenvalue weighted by atomic mass is 35.5. The fraction of sp³-hybridized carbons (Fsp3) is 0.240. The monoisotopic (exact) mass is 484 g/mol. The van der Waals surface area contributed by atoms with Gasteiger partial charge in [0.15, 0.2) is 0 Å². The van der Waals surface area contributed by atoms with E-state index in [4.69, 9.17) is 16.3 Å². The van der Waals surface area contributed by atoms with Gasteiger partial charge in [-0.15, -0.1) is 0 Å². The zero-order valence-corrected chi connectivity index (χ0v) is 19.8. The SMILES string of the molecule is Cc1ccc(NC(=O)c2ccc(Cl)c(S(=O)(=O)N3CCCC3)c2)c(OCc2ccccc2)c1. The van der Waals surface area contributed by atoms with Crippen molar-refractivity contribution in [3.05, 3.63) is 88.4 Å². The second kappa shape index (κ2) is 9.95. The first-order chi connectivity index (χ1) is 15.8. The fourth-order valence-corrected chi connectivity index (χ4v) is 5.71. The Kier molecular flexibility index (Phi) is 7.02. The Morgan fingerprint density at radius 1 is 1.03 bits per heavy atom. The van der Waals surface area contributed by atoms with Crippen LogP contribution in [0.3, 0.4) is 0 Å². The Hall–Kier alpha value is -2.87. The zero-order chi connectivity index (χ0) is 23.4. The predicted octanol–water partition coefficient (Wildman–Crippen LogP) is 5.26. The van der Waals surface area contributed by atoms with Crippen molar-refractivity contribution in [3.63, 3.8) is 0 Å². The van der Waals surface area contributed by atoms with Crippen LogP contribution in [-0.2, 0) is 16.6 Å². The number of hydrogen-bond donors (Lipinski definition) is 1. The molecule has 8 heteroatoms. The van der Waals surface area contributed by atoms with Crippen LogP contribution >= 0.6 is 11.6 Å². The van der Waals surface area contributed by atoms with Crippen LogP contribution in [0.4, 0.5) is 5.69 Å². The summed E-state index contributed by atoms with van der Waals surface area (Å²) in [5, 5.41) is 2.94. The van der Waals surface area contributed by atoms with Crippen LogP contribution in [-0.4, -0.2) is 31.7 Å². The minimum absolute atomic E-state index is 0.0526. The van der Waals surface area contributed by atoms with Crippen LogP contribution in [0.5, 0.6) is 5.75 Å². The van der Waals surface area contributed by atoms with Gasteiger partial charge in [0.2, 0.25) is 10.0 Å². The van der Waals surface area contributed by atoms with Crippen molar-refractivity contribution >= 4 is 33.2 Å². The van der Waals surface area contributed by atoms with Crippen LogP contribution in [0, 0.1) is 6.92 Å². The molecule has 0 bridgehead atoms. The van der Waals surface area contributed by atoms with E-state index in [2.05, 4.69) is 5.32 Å². The maximum atomic E-state index is 13.0. The summed E-state index contributed by atoms with van der Waals surface area (Å²) in [7, 11) is -3.75. The lowest BCUT2D eigenvalue weighted by molar-refractivity contribution is 0.102. The molecule has 0 unspecified atom stereocenters. The van der Waals surface area contributed by atoms with Gasteiger partial charge in [0, 0.05) is 18.7 Å². The molecule has 0 aromatic heterocycles. The smallest absolute Gasteiger partial charge is 0.255 e. The molecule has 0 radical (unpaired) electrons. The fourth-order valence-electron chi connectivity index (χ4n) is 3.69. The third kappa shape index (κ3) is 5.38. The number of sulfonamides is 1. The van der Waals surface area contributed by atoms with Crippen molar-refractivity contribution < 1.29 is 17.9 Å². The molecule has 0 atom stereocenters. The average Bonchev–Trinajstić information content (AvgIpc) is 3.36. The van der Waals surface area contributed by atoms with Crippen LogP contribution in [0.1, 0.15) is 34.3 Å². The zero-order valence-electron chi connectivity index (χ0n) is 18.3. The molecule has 3 aromatic rings. The molecule has 33 heavy (non-hydrogen) atoms. The van der Waals surface area contributed by atoms with Gasteiger partial charge in [0.25, 0.3) is 5.91 Å². The number of amides is 1. The topological polar surface area (TPSA) is 75.7 Å². The van der Waals surface area contributed by atoms with E-state index in [0.29, 0.717) is 31.1 Å². The third-order valence-electron chi connectivity index (χ3n) is 5.50. The number of nitrogens with zero attached hydrogens (tertiary/aromatic N) is 1. The number of benzene rings is 3. The summed E-state index contributed by atoms with van der Waals surface area (Å²) in [4.78, 5) is 13.0. The van der Waals surface area contributed by atoms with Crippen molar-refractivity contribution in [3.8, 4) is 5.75 Å². The number of rotatable bonds is 7. The normalized spacial score (nSPS) is 14.2. The van der Waals surface area contributed by atoms with E-state index < -0.39 is 15.9 Å². The number of nitrogens with one attached hydrogen (secondary N) is 1. The quantitative estimate of drug-likeness (QED) is 0.496. The van der Waals surface area contributed by atoms with Gasteiger partial charge in [-0.25, -0.2) is 8.42 Å². The van der Waals surface area contributed by atoms with Gasteiger partial charge in [-0.1, -0.05) is 48.0 Å². The standard InChI is InChI=1S/C25H25ClN2O4S/c1-18-9-12-22(23(15-18)32-17-19-7-3-2-4-8-19)27-25(29)20-10-11-21(26)24(16-20)33(30,31)28-13-5-6-14-28/h2-4,7-12,15-16H,5-6,13-14,17H2,1H3,(H,27,29). The van der Waals surface area contributed by atoms with Crippen molar-refractivity contribution in [2.45, 2.75) is 31.3 Å². The summed E-state index contributed by atoms with van der Waals surface area (Å²) in [6, 6.07) is 19.5. The van der Waals surface area contributed by atoms with Crippen LogP contribution in [0.2, 0.25) is 5.02 Å². The summed E-state index contributed by atoms with van der Waals surface area (Å²) in [6.07, 6.45) is 1.63. The van der Waals surface area contributed by atoms with Gasteiger partial charge < -0.3 is 10.1 Å². The number of carbonyl (C=O) groups excluding carboxylic acids is 1. The third-order valence-corrected chi connectivity index (χ3v) is 7.88. The number of hydrogen-bond acceptors (Lipinski definition) is 4. The second-order valence-corrected chi connectivity index (χ2v) is 10.3. The molecule has 1 saturated heterocycles.